The van der Waals surface area contributed by atoms with Gasteiger partial charge in [0, 0.05) is 13.1 Å². The zero-order chi connectivity index (χ0) is 14.2. The molecule has 0 aliphatic heterocycles. The number of benzene rings is 1. The molecule has 0 aliphatic rings. The van der Waals surface area contributed by atoms with E-state index in [9.17, 15) is 8.78 Å². The van der Waals surface area contributed by atoms with Crippen LogP contribution in [0.5, 0.6) is 11.5 Å². The molecule has 0 spiro atoms. The molecular weight excluding hydrogens is 256 g/mol. The number of anilines is 1. The molecule has 102 valence electrons. The minimum absolute atomic E-state index is 0.0705. The highest BCUT2D eigenvalue weighted by Gasteiger charge is 2.24. The van der Waals surface area contributed by atoms with Crippen molar-refractivity contribution in [3.8, 4) is 22.6 Å². The number of nitrogen functional groups attached to an aromatic ring is 1. The average Bonchev–Trinajstić information content (AvgIpc) is 2.72. The molecule has 0 unspecified atom stereocenters. The molecule has 5 nitrogen and oxygen atoms in total. The van der Waals surface area contributed by atoms with Crippen LogP contribution in [0.2, 0.25) is 0 Å². The van der Waals surface area contributed by atoms with Gasteiger partial charge in [-0.25, -0.2) is 8.78 Å². The standard InChI is InChI=1S/C12H13F2N3O2/c1-17-12(15)6(5-16-17)9-10(14)7(13)4-8(18-2)11(9)19-3/h4-5H,15H2,1-3H3. The van der Waals surface area contributed by atoms with E-state index in [0.717, 1.165) is 6.07 Å². The second kappa shape index (κ2) is 4.75. The zero-order valence-electron chi connectivity index (χ0n) is 10.7. The maximum Gasteiger partial charge on any atom is 0.171 e. The molecule has 0 bridgehead atoms. The third-order valence-electron chi connectivity index (χ3n) is 2.82. The van der Waals surface area contributed by atoms with Gasteiger partial charge in [-0.15, -0.1) is 0 Å². The summed E-state index contributed by atoms with van der Waals surface area (Å²) in [6.07, 6.45) is 1.34. The molecule has 0 radical (unpaired) electrons. The highest BCUT2D eigenvalue weighted by Crippen LogP contribution is 2.42. The molecule has 0 amide bonds. The molecule has 7 heteroatoms. The lowest BCUT2D eigenvalue weighted by atomic mass is 10.1. The van der Waals surface area contributed by atoms with E-state index in [1.54, 1.807) is 7.05 Å². The Balaban J connectivity index is 2.81. The van der Waals surface area contributed by atoms with Crippen LogP contribution >= 0.6 is 0 Å². The molecule has 19 heavy (non-hydrogen) atoms. The Morgan fingerprint density at radius 1 is 1.26 bits per heavy atom. The van der Waals surface area contributed by atoms with Crippen molar-refractivity contribution in [2.75, 3.05) is 20.0 Å². The molecule has 2 aromatic rings. The number of rotatable bonds is 3. The number of methoxy groups -OCH3 is 2. The number of aromatic nitrogens is 2. The summed E-state index contributed by atoms with van der Waals surface area (Å²) in [4.78, 5) is 0. The molecule has 1 aromatic carbocycles. The highest BCUT2D eigenvalue weighted by molar-refractivity contribution is 5.81. The van der Waals surface area contributed by atoms with Crippen LogP contribution in [0.4, 0.5) is 14.6 Å². The number of aryl methyl sites for hydroxylation is 1. The quantitative estimate of drug-likeness (QED) is 0.925. The third-order valence-corrected chi connectivity index (χ3v) is 2.82. The van der Waals surface area contributed by atoms with Gasteiger partial charge in [0.25, 0.3) is 0 Å². The molecular formula is C12H13F2N3O2. The van der Waals surface area contributed by atoms with Crippen LogP contribution in [0.15, 0.2) is 12.3 Å². The van der Waals surface area contributed by atoms with E-state index in [4.69, 9.17) is 15.2 Å². The van der Waals surface area contributed by atoms with Gasteiger partial charge in [-0.1, -0.05) is 0 Å². The SMILES string of the molecule is COc1cc(F)c(F)c(-c2cnn(C)c2N)c1OC. The number of hydrogen-bond acceptors (Lipinski definition) is 4. The van der Waals surface area contributed by atoms with Crippen molar-refractivity contribution in [3.05, 3.63) is 23.9 Å². The van der Waals surface area contributed by atoms with Gasteiger partial charge in [0.15, 0.2) is 23.1 Å². The smallest absolute Gasteiger partial charge is 0.171 e. The van der Waals surface area contributed by atoms with Crippen molar-refractivity contribution in [1.29, 1.82) is 0 Å². The Kier molecular flexibility index (Phi) is 3.28. The third kappa shape index (κ3) is 1.96. The lowest BCUT2D eigenvalue weighted by Crippen LogP contribution is -2.02. The number of ether oxygens (including phenoxy) is 2. The first-order valence-electron chi connectivity index (χ1n) is 5.39. The lowest BCUT2D eigenvalue weighted by Gasteiger charge is -2.13. The van der Waals surface area contributed by atoms with Crippen LogP contribution in [0.3, 0.4) is 0 Å². The zero-order valence-corrected chi connectivity index (χ0v) is 10.7. The van der Waals surface area contributed by atoms with Gasteiger partial charge in [0.1, 0.15) is 5.82 Å². The van der Waals surface area contributed by atoms with E-state index in [1.165, 1.54) is 25.1 Å². The first kappa shape index (κ1) is 13.1. The second-order valence-electron chi connectivity index (χ2n) is 3.85. The average molecular weight is 269 g/mol. The normalized spacial score (nSPS) is 10.6. The molecule has 1 heterocycles. The van der Waals surface area contributed by atoms with Crippen LogP contribution < -0.4 is 15.2 Å². The van der Waals surface area contributed by atoms with E-state index in [-0.39, 0.29) is 28.4 Å². The van der Waals surface area contributed by atoms with Gasteiger partial charge in [-0.05, 0) is 0 Å². The van der Waals surface area contributed by atoms with Crippen molar-refractivity contribution in [2.24, 2.45) is 7.05 Å². The predicted molar refractivity (Wildman–Crippen MR) is 66.1 cm³/mol. The first-order valence-corrected chi connectivity index (χ1v) is 5.39. The maximum atomic E-state index is 14.0. The van der Waals surface area contributed by atoms with Crippen molar-refractivity contribution in [2.45, 2.75) is 0 Å². The monoisotopic (exact) mass is 269 g/mol. The first-order chi connectivity index (χ1) is 9.01. The van der Waals surface area contributed by atoms with Crippen molar-refractivity contribution in [3.63, 3.8) is 0 Å². The van der Waals surface area contributed by atoms with Gasteiger partial charge in [0.05, 0.1) is 31.5 Å². The predicted octanol–water partition coefficient (Wildman–Crippen LogP) is 1.96. The van der Waals surface area contributed by atoms with E-state index in [1.807, 2.05) is 0 Å². The van der Waals surface area contributed by atoms with Gasteiger partial charge >= 0.3 is 0 Å². The Labute approximate surface area is 108 Å². The van der Waals surface area contributed by atoms with Crippen molar-refractivity contribution in [1.82, 2.24) is 9.78 Å². The molecule has 1 aromatic heterocycles. The fourth-order valence-electron chi connectivity index (χ4n) is 1.82. The van der Waals surface area contributed by atoms with Crippen LogP contribution in [0.1, 0.15) is 0 Å². The van der Waals surface area contributed by atoms with Gasteiger partial charge in [-0.2, -0.15) is 5.10 Å². The Hall–Kier alpha value is -2.31. The van der Waals surface area contributed by atoms with Crippen LogP contribution in [0, 0.1) is 11.6 Å². The van der Waals surface area contributed by atoms with Gasteiger partial charge in [-0.3, -0.25) is 4.68 Å². The number of hydrogen-bond donors (Lipinski definition) is 1. The molecule has 2 rings (SSSR count). The highest BCUT2D eigenvalue weighted by atomic mass is 19.2. The van der Waals surface area contributed by atoms with E-state index < -0.39 is 11.6 Å². The molecule has 2 N–H and O–H groups in total. The maximum absolute atomic E-state index is 14.0. The minimum Gasteiger partial charge on any atom is -0.493 e. The summed E-state index contributed by atoms with van der Waals surface area (Å²) in [5, 5.41) is 3.90. The second-order valence-corrected chi connectivity index (χ2v) is 3.85. The van der Waals surface area contributed by atoms with Gasteiger partial charge in [0.2, 0.25) is 0 Å². The van der Waals surface area contributed by atoms with Crippen molar-refractivity contribution >= 4 is 5.82 Å². The topological polar surface area (TPSA) is 62.3 Å². The van der Waals surface area contributed by atoms with E-state index >= 15 is 0 Å². The number of nitrogens with zero attached hydrogens (tertiary/aromatic N) is 2. The lowest BCUT2D eigenvalue weighted by molar-refractivity contribution is 0.349. The summed E-state index contributed by atoms with van der Waals surface area (Å²) in [6, 6.07) is 0.921. The molecule has 0 fully saturated rings. The van der Waals surface area contributed by atoms with Gasteiger partial charge < -0.3 is 15.2 Å². The Morgan fingerprint density at radius 3 is 2.42 bits per heavy atom. The Morgan fingerprint density at radius 2 is 1.95 bits per heavy atom. The fourth-order valence-corrected chi connectivity index (χ4v) is 1.82. The number of nitrogens with two attached hydrogens (primary N) is 1. The fraction of sp³-hybridized carbons (Fsp3) is 0.250. The van der Waals surface area contributed by atoms with Crippen LogP contribution in [0.25, 0.3) is 11.1 Å². The van der Waals surface area contributed by atoms with E-state index in [2.05, 4.69) is 5.10 Å². The van der Waals surface area contributed by atoms with E-state index in [0.29, 0.717) is 0 Å². The summed E-state index contributed by atoms with van der Waals surface area (Å²) >= 11 is 0. The summed E-state index contributed by atoms with van der Waals surface area (Å²) in [5.74, 6) is -1.75. The number of halogens is 2. The summed E-state index contributed by atoms with van der Waals surface area (Å²) in [5.41, 5.74) is 5.92. The van der Waals surface area contributed by atoms with Crippen molar-refractivity contribution < 1.29 is 18.3 Å². The minimum atomic E-state index is -1.06. The molecule has 0 aliphatic carbocycles. The molecule has 0 atom stereocenters. The Bertz CT molecular complexity index is 626. The summed E-state index contributed by atoms with van der Waals surface area (Å²) in [7, 11) is 4.27. The van der Waals surface area contributed by atoms with Crippen LogP contribution in [-0.4, -0.2) is 24.0 Å². The molecule has 0 saturated heterocycles. The van der Waals surface area contributed by atoms with Crippen LogP contribution in [-0.2, 0) is 7.05 Å². The summed E-state index contributed by atoms with van der Waals surface area (Å²) < 4.78 is 39.1. The summed E-state index contributed by atoms with van der Waals surface area (Å²) in [6.45, 7) is 0. The molecule has 0 saturated carbocycles. The largest absolute Gasteiger partial charge is 0.493 e.